The van der Waals surface area contributed by atoms with E-state index in [0.717, 1.165) is 11.8 Å². The van der Waals surface area contributed by atoms with Crippen LogP contribution in [0.3, 0.4) is 0 Å². The quantitative estimate of drug-likeness (QED) is 0.757. The van der Waals surface area contributed by atoms with Crippen LogP contribution in [0.1, 0.15) is 10.4 Å². The highest BCUT2D eigenvalue weighted by atomic mass is 79.9. The molecule has 0 spiro atoms. The molecule has 0 radical (unpaired) electrons. The summed E-state index contributed by atoms with van der Waals surface area (Å²) in [5.74, 6) is -0.290. The van der Waals surface area contributed by atoms with Gasteiger partial charge in [0.05, 0.1) is 4.47 Å². The molecular formula is C13H8BrFO. The summed E-state index contributed by atoms with van der Waals surface area (Å²) in [6, 6.07) is 11.9. The van der Waals surface area contributed by atoms with Crippen LogP contribution in [0.15, 0.2) is 46.9 Å². The summed E-state index contributed by atoms with van der Waals surface area (Å²) in [5, 5.41) is 0. The van der Waals surface area contributed by atoms with Gasteiger partial charge in [-0.15, -0.1) is 0 Å². The van der Waals surface area contributed by atoms with Gasteiger partial charge in [-0.25, -0.2) is 4.39 Å². The highest BCUT2D eigenvalue weighted by Crippen LogP contribution is 2.27. The third-order valence-electron chi connectivity index (χ3n) is 2.31. The normalized spacial score (nSPS) is 10.1. The van der Waals surface area contributed by atoms with E-state index in [-0.39, 0.29) is 5.82 Å². The number of hydrogen-bond donors (Lipinski definition) is 0. The van der Waals surface area contributed by atoms with Gasteiger partial charge in [0.15, 0.2) is 0 Å². The summed E-state index contributed by atoms with van der Waals surface area (Å²) in [7, 11) is 0. The van der Waals surface area contributed by atoms with E-state index in [9.17, 15) is 9.18 Å². The van der Waals surface area contributed by atoms with E-state index in [2.05, 4.69) is 15.9 Å². The molecule has 0 aromatic heterocycles. The Morgan fingerprint density at radius 3 is 2.38 bits per heavy atom. The Morgan fingerprint density at radius 2 is 1.75 bits per heavy atom. The maximum absolute atomic E-state index is 13.8. The summed E-state index contributed by atoms with van der Waals surface area (Å²) in [4.78, 5) is 10.5. The Labute approximate surface area is 101 Å². The van der Waals surface area contributed by atoms with E-state index in [1.54, 1.807) is 42.5 Å². The second-order valence-corrected chi connectivity index (χ2v) is 4.20. The summed E-state index contributed by atoms with van der Waals surface area (Å²) >= 11 is 3.14. The van der Waals surface area contributed by atoms with Gasteiger partial charge in [-0.05, 0) is 27.6 Å². The zero-order valence-corrected chi connectivity index (χ0v) is 9.87. The predicted molar refractivity (Wildman–Crippen MR) is 64.9 cm³/mol. The lowest BCUT2D eigenvalue weighted by Gasteiger charge is -2.04. The SMILES string of the molecule is O=Cc1ccc(-c2cccc(Br)c2F)cc1. The van der Waals surface area contributed by atoms with Crippen molar-refractivity contribution in [2.24, 2.45) is 0 Å². The number of carbonyl (C=O) groups excluding carboxylic acids is 1. The number of rotatable bonds is 2. The molecule has 0 aliphatic rings. The van der Waals surface area contributed by atoms with Crippen molar-refractivity contribution in [1.82, 2.24) is 0 Å². The van der Waals surface area contributed by atoms with Crippen molar-refractivity contribution in [2.45, 2.75) is 0 Å². The minimum Gasteiger partial charge on any atom is -0.298 e. The lowest BCUT2D eigenvalue weighted by atomic mass is 10.0. The molecule has 3 heteroatoms. The van der Waals surface area contributed by atoms with Crippen LogP contribution < -0.4 is 0 Å². The van der Waals surface area contributed by atoms with Gasteiger partial charge in [-0.3, -0.25) is 4.79 Å². The van der Waals surface area contributed by atoms with Gasteiger partial charge in [-0.1, -0.05) is 36.4 Å². The minimum absolute atomic E-state index is 0.290. The smallest absolute Gasteiger partial charge is 0.150 e. The van der Waals surface area contributed by atoms with Crippen LogP contribution in [-0.4, -0.2) is 6.29 Å². The molecule has 0 amide bonds. The van der Waals surface area contributed by atoms with E-state index in [4.69, 9.17) is 0 Å². The third-order valence-corrected chi connectivity index (χ3v) is 2.92. The highest BCUT2D eigenvalue weighted by Gasteiger charge is 2.07. The van der Waals surface area contributed by atoms with Crippen LogP contribution in [-0.2, 0) is 0 Å². The Hall–Kier alpha value is -1.48. The molecule has 0 aliphatic heterocycles. The predicted octanol–water partition coefficient (Wildman–Crippen LogP) is 4.07. The van der Waals surface area contributed by atoms with Crippen LogP contribution in [0.25, 0.3) is 11.1 Å². The number of halogens is 2. The first-order valence-electron chi connectivity index (χ1n) is 4.72. The molecule has 0 unspecified atom stereocenters. The number of carbonyl (C=O) groups is 1. The Balaban J connectivity index is 2.50. The first-order valence-corrected chi connectivity index (χ1v) is 5.51. The standard InChI is InChI=1S/C13H8BrFO/c14-12-3-1-2-11(13(12)15)10-6-4-9(8-16)5-7-10/h1-8H. The Bertz CT molecular complexity index is 520. The molecule has 16 heavy (non-hydrogen) atoms. The molecular weight excluding hydrogens is 271 g/mol. The van der Waals surface area contributed by atoms with Crippen LogP contribution >= 0.6 is 15.9 Å². The second-order valence-electron chi connectivity index (χ2n) is 3.34. The van der Waals surface area contributed by atoms with E-state index in [1.807, 2.05) is 0 Å². The number of aldehydes is 1. The van der Waals surface area contributed by atoms with E-state index < -0.39 is 0 Å². The van der Waals surface area contributed by atoms with Gasteiger partial charge >= 0.3 is 0 Å². The van der Waals surface area contributed by atoms with Gasteiger partial charge < -0.3 is 0 Å². The van der Waals surface area contributed by atoms with Gasteiger partial charge in [0, 0.05) is 11.1 Å². The van der Waals surface area contributed by atoms with Crippen LogP contribution in [0, 0.1) is 5.82 Å². The van der Waals surface area contributed by atoms with Crippen molar-refractivity contribution in [3.05, 3.63) is 58.3 Å². The van der Waals surface area contributed by atoms with Gasteiger partial charge in [0.1, 0.15) is 12.1 Å². The van der Waals surface area contributed by atoms with Crippen molar-refractivity contribution in [3.8, 4) is 11.1 Å². The summed E-state index contributed by atoms with van der Waals surface area (Å²) in [6.45, 7) is 0. The first kappa shape index (κ1) is 11.0. The number of hydrogen-bond acceptors (Lipinski definition) is 1. The molecule has 2 aromatic rings. The first-order chi connectivity index (χ1) is 7.72. The van der Waals surface area contributed by atoms with Crippen LogP contribution in [0.2, 0.25) is 0 Å². The van der Waals surface area contributed by atoms with Crippen molar-refractivity contribution >= 4 is 22.2 Å². The van der Waals surface area contributed by atoms with E-state index in [1.165, 1.54) is 0 Å². The van der Waals surface area contributed by atoms with Crippen molar-refractivity contribution in [3.63, 3.8) is 0 Å². The van der Waals surface area contributed by atoms with Crippen LogP contribution in [0.4, 0.5) is 4.39 Å². The van der Waals surface area contributed by atoms with Gasteiger partial charge in [-0.2, -0.15) is 0 Å². The summed E-state index contributed by atoms with van der Waals surface area (Å²) < 4.78 is 14.2. The minimum atomic E-state index is -0.290. The molecule has 2 rings (SSSR count). The summed E-state index contributed by atoms with van der Waals surface area (Å²) in [6.07, 6.45) is 0.765. The largest absolute Gasteiger partial charge is 0.298 e. The van der Waals surface area contributed by atoms with E-state index >= 15 is 0 Å². The molecule has 1 nitrogen and oxygen atoms in total. The number of benzene rings is 2. The third kappa shape index (κ3) is 2.04. The van der Waals surface area contributed by atoms with E-state index in [0.29, 0.717) is 15.6 Å². The van der Waals surface area contributed by atoms with Crippen molar-refractivity contribution < 1.29 is 9.18 Å². The average molecular weight is 279 g/mol. The Morgan fingerprint density at radius 1 is 1.06 bits per heavy atom. The molecule has 0 fully saturated rings. The molecule has 0 bridgehead atoms. The lowest BCUT2D eigenvalue weighted by molar-refractivity contribution is 0.112. The Kier molecular flexibility index (Phi) is 3.15. The molecule has 0 saturated carbocycles. The zero-order chi connectivity index (χ0) is 11.5. The molecule has 0 aliphatic carbocycles. The molecule has 2 aromatic carbocycles. The fourth-order valence-corrected chi connectivity index (χ4v) is 1.83. The van der Waals surface area contributed by atoms with Gasteiger partial charge in [0.25, 0.3) is 0 Å². The molecule has 80 valence electrons. The topological polar surface area (TPSA) is 17.1 Å². The molecule has 0 heterocycles. The maximum Gasteiger partial charge on any atom is 0.150 e. The average Bonchev–Trinajstić information content (AvgIpc) is 2.33. The lowest BCUT2D eigenvalue weighted by Crippen LogP contribution is -1.86. The highest BCUT2D eigenvalue weighted by molar-refractivity contribution is 9.10. The van der Waals surface area contributed by atoms with Crippen LogP contribution in [0.5, 0.6) is 0 Å². The molecule has 0 N–H and O–H groups in total. The zero-order valence-electron chi connectivity index (χ0n) is 8.28. The monoisotopic (exact) mass is 278 g/mol. The van der Waals surface area contributed by atoms with Crippen molar-refractivity contribution in [2.75, 3.05) is 0 Å². The summed E-state index contributed by atoms with van der Waals surface area (Å²) in [5.41, 5.74) is 1.86. The maximum atomic E-state index is 13.8. The second kappa shape index (κ2) is 4.58. The molecule has 0 saturated heterocycles. The van der Waals surface area contributed by atoms with Gasteiger partial charge in [0.2, 0.25) is 0 Å². The van der Waals surface area contributed by atoms with Crippen molar-refractivity contribution in [1.29, 1.82) is 0 Å². The fourth-order valence-electron chi connectivity index (χ4n) is 1.47. The molecule has 0 atom stereocenters. The fraction of sp³-hybridized carbons (Fsp3) is 0.